The first-order valence-electron chi connectivity index (χ1n) is 6.34. The molecule has 2 heterocycles. The summed E-state index contributed by atoms with van der Waals surface area (Å²) in [5, 5.41) is 0. The molecule has 0 aliphatic heterocycles. The molecule has 4 nitrogen and oxygen atoms in total. The van der Waals surface area contributed by atoms with Gasteiger partial charge in [-0.3, -0.25) is 9.71 Å². The molecule has 0 atom stereocenters. The molecule has 2 aromatic heterocycles. The summed E-state index contributed by atoms with van der Waals surface area (Å²) in [6.45, 7) is 0. The van der Waals surface area contributed by atoms with E-state index < -0.39 is 10.0 Å². The largest absolute Gasteiger partial charge is 0.277 e. The smallest absolute Gasteiger partial charge is 0.271 e. The van der Waals surface area contributed by atoms with Gasteiger partial charge in [-0.05, 0) is 24.3 Å². The molecular weight excluding hydrogens is 340 g/mol. The number of hydrogen-bond donors (Lipinski definition) is 1. The van der Waals surface area contributed by atoms with Gasteiger partial charge in [0.2, 0.25) is 0 Å². The Balaban J connectivity index is 1.82. The minimum atomic E-state index is -3.63. The van der Waals surface area contributed by atoms with Gasteiger partial charge in [0, 0.05) is 5.56 Å². The molecule has 0 unspecified atom stereocenters. The quantitative estimate of drug-likeness (QED) is 0.764. The lowest BCUT2D eigenvalue weighted by molar-refractivity contribution is 0.603. The Kier molecular flexibility index (Phi) is 4.15. The number of aromatic nitrogens is 1. The van der Waals surface area contributed by atoms with Crippen molar-refractivity contribution >= 4 is 38.6 Å². The number of halogens is 1. The maximum Gasteiger partial charge on any atom is 0.271 e. The van der Waals surface area contributed by atoms with E-state index in [1.807, 2.05) is 30.3 Å². The van der Waals surface area contributed by atoms with E-state index in [-0.39, 0.29) is 4.21 Å². The SMILES string of the molecule is O=S(=O)(Nc1ccc(-c2ccccc2)nc1)c1ccc(Cl)s1. The van der Waals surface area contributed by atoms with E-state index >= 15 is 0 Å². The molecule has 0 saturated carbocycles. The Labute approximate surface area is 137 Å². The summed E-state index contributed by atoms with van der Waals surface area (Å²) >= 11 is 6.78. The molecule has 0 fully saturated rings. The van der Waals surface area contributed by atoms with Crippen LogP contribution in [0.3, 0.4) is 0 Å². The number of nitrogens with one attached hydrogen (secondary N) is 1. The van der Waals surface area contributed by atoms with Crippen molar-refractivity contribution < 1.29 is 8.42 Å². The summed E-state index contributed by atoms with van der Waals surface area (Å²) in [6.07, 6.45) is 1.50. The monoisotopic (exact) mass is 350 g/mol. The minimum absolute atomic E-state index is 0.171. The fraction of sp³-hybridized carbons (Fsp3) is 0. The van der Waals surface area contributed by atoms with E-state index in [2.05, 4.69) is 9.71 Å². The van der Waals surface area contributed by atoms with Crippen LogP contribution in [0.25, 0.3) is 11.3 Å². The molecule has 0 spiro atoms. The number of hydrogen-bond acceptors (Lipinski definition) is 4. The third-order valence-electron chi connectivity index (χ3n) is 2.90. The lowest BCUT2D eigenvalue weighted by atomic mass is 10.1. The Morgan fingerprint density at radius 2 is 1.77 bits per heavy atom. The van der Waals surface area contributed by atoms with Gasteiger partial charge in [-0.2, -0.15) is 0 Å². The number of rotatable bonds is 4. The topological polar surface area (TPSA) is 59.1 Å². The number of sulfonamides is 1. The highest BCUT2D eigenvalue weighted by Crippen LogP contribution is 2.27. The predicted molar refractivity (Wildman–Crippen MR) is 89.8 cm³/mol. The number of nitrogens with zero attached hydrogens (tertiary/aromatic N) is 1. The lowest BCUT2D eigenvalue weighted by Crippen LogP contribution is -2.11. The van der Waals surface area contributed by atoms with Gasteiger partial charge in [0.05, 0.1) is 21.9 Å². The molecule has 7 heteroatoms. The van der Waals surface area contributed by atoms with E-state index in [0.29, 0.717) is 10.0 Å². The highest BCUT2D eigenvalue weighted by Gasteiger charge is 2.16. The van der Waals surface area contributed by atoms with Crippen LogP contribution in [0.1, 0.15) is 0 Å². The van der Waals surface area contributed by atoms with Gasteiger partial charge in [-0.25, -0.2) is 8.42 Å². The van der Waals surface area contributed by atoms with Gasteiger partial charge in [0.25, 0.3) is 10.0 Å². The van der Waals surface area contributed by atoms with Crippen molar-refractivity contribution in [3.8, 4) is 11.3 Å². The van der Waals surface area contributed by atoms with Crippen LogP contribution in [0.5, 0.6) is 0 Å². The summed E-state index contributed by atoms with van der Waals surface area (Å²) < 4.78 is 27.5. The van der Waals surface area contributed by atoms with Gasteiger partial charge < -0.3 is 0 Å². The zero-order valence-corrected chi connectivity index (χ0v) is 13.6. The Morgan fingerprint density at radius 3 is 2.36 bits per heavy atom. The second kappa shape index (κ2) is 6.08. The molecule has 0 bridgehead atoms. The fourth-order valence-electron chi connectivity index (χ4n) is 1.88. The third-order valence-corrected chi connectivity index (χ3v) is 6.00. The summed E-state index contributed by atoms with van der Waals surface area (Å²) in [5.41, 5.74) is 2.16. The van der Waals surface area contributed by atoms with E-state index in [9.17, 15) is 8.42 Å². The summed E-state index contributed by atoms with van der Waals surface area (Å²) in [5.74, 6) is 0. The van der Waals surface area contributed by atoms with Crippen molar-refractivity contribution in [3.05, 3.63) is 65.1 Å². The molecule has 0 aliphatic rings. The molecule has 22 heavy (non-hydrogen) atoms. The van der Waals surface area contributed by atoms with Crippen molar-refractivity contribution in [2.75, 3.05) is 4.72 Å². The number of anilines is 1. The van der Waals surface area contributed by atoms with Crippen molar-refractivity contribution in [3.63, 3.8) is 0 Å². The van der Waals surface area contributed by atoms with E-state index in [1.54, 1.807) is 18.2 Å². The maximum absolute atomic E-state index is 12.2. The van der Waals surface area contributed by atoms with Crippen LogP contribution < -0.4 is 4.72 Å². The average molecular weight is 351 g/mol. The average Bonchev–Trinajstić information content (AvgIpc) is 2.96. The second-order valence-corrected chi connectivity index (χ2v) is 8.09. The molecule has 1 aromatic carbocycles. The van der Waals surface area contributed by atoms with Gasteiger partial charge in [0.1, 0.15) is 4.21 Å². The van der Waals surface area contributed by atoms with Crippen molar-refractivity contribution in [2.45, 2.75) is 4.21 Å². The summed E-state index contributed by atoms with van der Waals surface area (Å²) in [6, 6.07) is 16.1. The number of thiophene rings is 1. The molecular formula is C15H11ClN2O2S2. The molecule has 0 radical (unpaired) electrons. The first-order valence-corrected chi connectivity index (χ1v) is 9.02. The van der Waals surface area contributed by atoms with Crippen LogP contribution in [-0.2, 0) is 10.0 Å². The Morgan fingerprint density at radius 1 is 1.00 bits per heavy atom. The molecule has 0 amide bonds. The Bertz CT molecular complexity index is 875. The van der Waals surface area contributed by atoms with Crippen LogP contribution in [0.15, 0.2) is 65.0 Å². The van der Waals surface area contributed by atoms with Crippen LogP contribution in [-0.4, -0.2) is 13.4 Å². The molecule has 112 valence electrons. The molecule has 0 aliphatic carbocycles. The second-order valence-electron chi connectivity index (χ2n) is 4.46. The van der Waals surface area contributed by atoms with Gasteiger partial charge in [-0.15, -0.1) is 11.3 Å². The zero-order chi connectivity index (χ0) is 15.6. The highest BCUT2D eigenvalue weighted by molar-refractivity contribution is 7.94. The van der Waals surface area contributed by atoms with Crippen LogP contribution >= 0.6 is 22.9 Å². The van der Waals surface area contributed by atoms with Crippen molar-refractivity contribution in [2.24, 2.45) is 0 Å². The van der Waals surface area contributed by atoms with E-state index in [4.69, 9.17) is 11.6 Å². The van der Waals surface area contributed by atoms with Crippen LogP contribution in [0, 0.1) is 0 Å². The highest BCUT2D eigenvalue weighted by atomic mass is 35.5. The summed E-state index contributed by atoms with van der Waals surface area (Å²) in [4.78, 5) is 4.28. The third kappa shape index (κ3) is 3.30. The first-order chi connectivity index (χ1) is 10.5. The molecule has 1 N–H and O–H groups in total. The predicted octanol–water partition coefficient (Wildman–Crippen LogP) is 4.26. The van der Waals surface area contributed by atoms with Crippen molar-refractivity contribution in [1.29, 1.82) is 0 Å². The Hall–Kier alpha value is -1.89. The van der Waals surface area contributed by atoms with Crippen LogP contribution in [0.2, 0.25) is 4.34 Å². The number of pyridine rings is 1. The minimum Gasteiger partial charge on any atom is -0.277 e. The fourth-order valence-corrected chi connectivity index (χ4v) is 4.41. The molecule has 3 aromatic rings. The standard InChI is InChI=1S/C15H11ClN2O2S2/c16-14-8-9-15(21-14)22(19,20)18-12-6-7-13(17-10-12)11-4-2-1-3-5-11/h1-10,18H. The van der Waals surface area contributed by atoms with E-state index in [1.165, 1.54) is 12.3 Å². The summed E-state index contributed by atoms with van der Waals surface area (Å²) in [7, 11) is -3.63. The molecule has 3 rings (SSSR count). The van der Waals surface area contributed by atoms with Gasteiger partial charge >= 0.3 is 0 Å². The normalized spacial score (nSPS) is 11.3. The van der Waals surface area contributed by atoms with Crippen LogP contribution in [0.4, 0.5) is 5.69 Å². The lowest BCUT2D eigenvalue weighted by Gasteiger charge is -2.07. The van der Waals surface area contributed by atoms with E-state index in [0.717, 1.165) is 22.6 Å². The zero-order valence-electron chi connectivity index (χ0n) is 11.2. The maximum atomic E-state index is 12.2. The first kappa shape index (κ1) is 15.0. The van der Waals surface area contributed by atoms with Gasteiger partial charge in [0.15, 0.2) is 0 Å². The number of benzene rings is 1. The van der Waals surface area contributed by atoms with Crippen molar-refractivity contribution in [1.82, 2.24) is 4.98 Å². The van der Waals surface area contributed by atoms with Gasteiger partial charge in [-0.1, -0.05) is 41.9 Å². The molecule has 0 saturated heterocycles.